The molecule has 0 aliphatic heterocycles. The Hall–Kier alpha value is -3.63. The average molecular weight is 691 g/mol. The van der Waals surface area contributed by atoms with Gasteiger partial charge in [0, 0.05) is 26.0 Å². The fraction of sp³-hybridized carbons (Fsp3) is 0.161. The van der Waals surface area contributed by atoms with Crippen LogP contribution in [0.15, 0.2) is 130 Å². The van der Waals surface area contributed by atoms with Gasteiger partial charge in [0.25, 0.3) is 0 Å². The summed E-state index contributed by atoms with van der Waals surface area (Å²) in [5.41, 5.74) is 0.758. The van der Waals surface area contributed by atoms with Crippen LogP contribution in [0.3, 0.4) is 0 Å². The molecule has 0 saturated heterocycles. The Kier molecular flexibility index (Phi) is 14.4. The van der Waals surface area contributed by atoms with Crippen LogP contribution in [-0.2, 0) is 47.1 Å². The van der Waals surface area contributed by atoms with E-state index in [1.165, 1.54) is 15.9 Å². The van der Waals surface area contributed by atoms with Gasteiger partial charge in [-0.25, -0.2) is 9.97 Å². The van der Waals surface area contributed by atoms with Crippen LogP contribution in [0.25, 0.3) is 0 Å². The first-order valence-electron chi connectivity index (χ1n) is 13.5. The van der Waals surface area contributed by atoms with E-state index in [0.29, 0.717) is 36.7 Å². The molecule has 0 bridgehead atoms. The van der Waals surface area contributed by atoms with E-state index in [4.69, 9.17) is 30.0 Å². The van der Waals surface area contributed by atoms with Gasteiger partial charge in [0.2, 0.25) is 0 Å². The van der Waals surface area contributed by atoms with E-state index >= 15 is 0 Å². The quantitative estimate of drug-likeness (QED) is 0.0448. The zero-order chi connectivity index (χ0) is 30.3. The fourth-order valence-corrected chi connectivity index (χ4v) is 8.17. The van der Waals surface area contributed by atoms with Crippen molar-refractivity contribution in [3.05, 3.63) is 115 Å². The Bertz CT molecular complexity index is 1460. The summed E-state index contributed by atoms with van der Waals surface area (Å²) in [4.78, 5) is 8.47. The van der Waals surface area contributed by atoms with Gasteiger partial charge in [-0.2, -0.15) is 15.3 Å². The summed E-state index contributed by atoms with van der Waals surface area (Å²) in [7, 11) is -0.412. The second-order valence-electron chi connectivity index (χ2n) is 9.05. The van der Waals surface area contributed by atoms with Gasteiger partial charge >= 0.3 is 17.1 Å². The number of benzene rings is 3. The molecule has 2 N–H and O–H groups in total. The zero-order valence-corrected chi connectivity index (χ0v) is 27.6. The molecule has 0 fully saturated rings. The van der Waals surface area contributed by atoms with Crippen LogP contribution in [0.4, 0.5) is 0 Å². The molecule has 3 aromatic carbocycles. The van der Waals surface area contributed by atoms with Gasteiger partial charge < -0.3 is 40.6 Å². The number of nitrogens with one attached hydrogen (secondary N) is 2. The van der Waals surface area contributed by atoms with Crippen LogP contribution in [0.1, 0.15) is 12.7 Å². The molecule has 44 heavy (non-hydrogen) atoms. The van der Waals surface area contributed by atoms with Gasteiger partial charge in [0.1, 0.15) is 23.2 Å². The Morgan fingerprint density at radius 2 is 1.23 bits per heavy atom. The molecular weight excluding hydrogens is 659 g/mol. The number of ether oxygens (including phenoxy) is 1. The average Bonchev–Trinajstić information content (AvgIpc) is 3.07. The molecule has 0 aliphatic rings. The van der Waals surface area contributed by atoms with Gasteiger partial charge in [-0.3, -0.25) is 0 Å². The standard InChI is InChI=1S/C31H33N8OPS2.Cu/c1-24(28(37-38-30(42)32-2)29-33-19-12-20-34-29)36-39-31(43)35-21-22-40-23-41(25-13-6-3-7-14-25,26-15-8-4-9-16-26)27-17-10-5-11-18-27;/h3-20H,21-23H2,1-2H3,(H3-,32,33,34,35,36,37,38,39,42,43);/q;+2/p-1. The van der Waals surface area contributed by atoms with Crippen molar-refractivity contribution < 1.29 is 21.8 Å². The van der Waals surface area contributed by atoms with Crippen LogP contribution >= 0.6 is 7.26 Å². The molecule has 9 nitrogen and oxygen atoms in total. The molecule has 4 rings (SSSR count). The molecule has 0 atom stereocenters. The first-order valence-corrected chi connectivity index (χ1v) is 16.3. The summed E-state index contributed by atoms with van der Waals surface area (Å²) in [6.07, 6.45) is 3.76. The van der Waals surface area contributed by atoms with Crippen LogP contribution in [0, 0.1) is 0 Å². The molecule has 0 amide bonds. The number of hydrogen-bond acceptors (Lipinski definition) is 9. The molecule has 0 spiro atoms. The van der Waals surface area contributed by atoms with Crippen molar-refractivity contribution in [2.24, 2.45) is 20.4 Å². The van der Waals surface area contributed by atoms with Gasteiger partial charge in [-0.05, 0) is 59.7 Å². The molecular formula is C31H32CuN8OPS2+. The SMILES string of the molecule is CN/C([S-])=N/N=C(/C(C)=N/N=C(\[S-])NCCOC[P+](c1ccccc1)(c1ccccc1)c1ccccc1)c1ncccn1.[Cu+2]. The third kappa shape index (κ3) is 9.43. The second-order valence-corrected chi connectivity index (χ2v) is 13.2. The van der Waals surface area contributed by atoms with Crippen molar-refractivity contribution >= 4 is 70.2 Å². The summed E-state index contributed by atoms with van der Waals surface area (Å²) < 4.78 is 6.38. The predicted octanol–water partition coefficient (Wildman–Crippen LogP) is 3.14. The summed E-state index contributed by atoms with van der Waals surface area (Å²) in [6, 6.07) is 33.5. The summed E-state index contributed by atoms with van der Waals surface area (Å²) in [5.74, 6) is 0.343. The largest absolute Gasteiger partial charge is 2.00 e. The van der Waals surface area contributed by atoms with Gasteiger partial charge in [-0.15, -0.1) is 5.10 Å². The van der Waals surface area contributed by atoms with E-state index in [2.05, 4.69) is 114 Å². The Morgan fingerprint density at radius 3 is 1.73 bits per heavy atom. The van der Waals surface area contributed by atoms with Crippen molar-refractivity contribution in [1.29, 1.82) is 0 Å². The molecule has 13 heteroatoms. The number of amidine groups is 2. The topological polar surface area (TPSA) is 109 Å². The normalized spacial score (nSPS) is 12.8. The minimum absolute atomic E-state index is 0. The summed E-state index contributed by atoms with van der Waals surface area (Å²) >= 11 is 10.5. The molecule has 0 unspecified atom stereocenters. The van der Waals surface area contributed by atoms with Crippen molar-refractivity contribution in [1.82, 2.24) is 20.6 Å². The first kappa shape index (κ1) is 34.9. The number of hydrogen-bond donors (Lipinski definition) is 2. The Labute approximate surface area is 280 Å². The fourth-order valence-electron chi connectivity index (χ4n) is 4.20. The van der Waals surface area contributed by atoms with E-state index < -0.39 is 7.26 Å². The zero-order valence-electron chi connectivity index (χ0n) is 24.2. The number of rotatable bonds is 12. The van der Waals surface area contributed by atoms with Crippen molar-refractivity contribution in [2.45, 2.75) is 6.92 Å². The van der Waals surface area contributed by atoms with Crippen molar-refractivity contribution in [3.8, 4) is 0 Å². The summed E-state index contributed by atoms with van der Waals surface area (Å²) in [6.45, 7) is 2.61. The van der Waals surface area contributed by atoms with E-state index in [-0.39, 0.29) is 27.4 Å². The minimum Gasteiger partial charge on any atom is -0.741 e. The third-order valence-electron chi connectivity index (χ3n) is 6.26. The molecule has 1 radical (unpaired) electrons. The van der Waals surface area contributed by atoms with E-state index in [9.17, 15) is 0 Å². The third-order valence-corrected chi connectivity index (χ3v) is 10.9. The molecule has 4 aromatic rings. The maximum atomic E-state index is 6.38. The maximum Gasteiger partial charge on any atom is 2.00 e. The van der Waals surface area contributed by atoms with Crippen molar-refractivity contribution in [3.63, 3.8) is 0 Å². The molecule has 1 aromatic heterocycles. The van der Waals surface area contributed by atoms with Crippen molar-refractivity contribution in [2.75, 3.05) is 26.5 Å². The van der Waals surface area contributed by atoms with Crippen LogP contribution < -0.4 is 26.5 Å². The molecule has 229 valence electrons. The molecule has 0 saturated carbocycles. The van der Waals surface area contributed by atoms with Gasteiger partial charge in [0.05, 0.1) is 12.3 Å². The van der Waals surface area contributed by atoms with Crippen LogP contribution in [0.2, 0.25) is 0 Å². The Balaban J connectivity index is 0.00000529. The number of nitrogens with zero attached hydrogens (tertiary/aromatic N) is 6. The van der Waals surface area contributed by atoms with Crippen LogP contribution in [-0.4, -0.2) is 58.3 Å². The maximum absolute atomic E-state index is 6.38. The van der Waals surface area contributed by atoms with E-state index in [0.717, 1.165) is 0 Å². The minimum atomic E-state index is -2.08. The van der Waals surface area contributed by atoms with Gasteiger partial charge in [0.15, 0.2) is 17.9 Å². The monoisotopic (exact) mass is 690 g/mol. The molecule has 1 heterocycles. The van der Waals surface area contributed by atoms with E-state index in [1.807, 2.05) is 18.2 Å². The number of aromatic nitrogens is 2. The smallest absolute Gasteiger partial charge is 0.741 e. The van der Waals surface area contributed by atoms with Gasteiger partial charge in [-0.1, -0.05) is 54.6 Å². The van der Waals surface area contributed by atoms with Crippen LogP contribution in [0.5, 0.6) is 0 Å². The predicted molar refractivity (Wildman–Crippen MR) is 184 cm³/mol. The van der Waals surface area contributed by atoms with E-state index in [1.54, 1.807) is 32.4 Å². The molecule has 0 aliphatic carbocycles. The Morgan fingerprint density at radius 1 is 0.727 bits per heavy atom. The first-order chi connectivity index (χ1) is 21.0. The second kappa shape index (κ2) is 18.2. The summed E-state index contributed by atoms with van der Waals surface area (Å²) in [5, 5.41) is 26.6.